The van der Waals surface area contributed by atoms with E-state index in [-0.39, 0.29) is 0 Å². The number of aromatic nitrogens is 2. The molecule has 0 aliphatic carbocycles. The highest BCUT2D eigenvalue weighted by atomic mass is 15.2. The topological polar surface area (TPSA) is 79.1 Å². The Kier molecular flexibility index (Phi) is 8.75. The van der Waals surface area contributed by atoms with Crippen molar-refractivity contribution in [3.05, 3.63) is 95.6 Å². The van der Waals surface area contributed by atoms with Gasteiger partial charge in [0.2, 0.25) is 0 Å². The molecule has 4 N–H and O–H groups in total. The summed E-state index contributed by atoms with van der Waals surface area (Å²) >= 11 is 0. The lowest BCUT2D eigenvalue weighted by Gasteiger charge is -2.23. The van der Waals surface area contributed by atoms with Crippen LogP contribution in [0, 0.1) is 0 Å². The first-order valence-electron chi connectivity index (χ1n) is 10.0. The second-order valence-electron chi connectivity index (χ2n) is 6.98. The second-order valence-corrected chi connectivity index (χ2v) is 6.98. The van der Waals surface area contributed by atoms with E-state index in [1.54, 1.807) is 0 Å². The van der Waals surface area contributed by atoms with Crippen LogP contribution < -0.4 is 16.4 Å². The van der Waals surface area contributed by atoms with Gasteiger partial charge in [0.05, 0.1) is 11.4 Å². The number of rotatable bonds is 12. The minimum Gasteiger partial charge on any atom is -0.326 e. The molecule has 0 amide bonds. The van der Waals surface area contributed by atoms with Crippen molar-refractivity contribution in [1.82, 2.24) is 25.5 Å². The number of nitrogens with one attached hydrogen (secondary N) is 2. The minimum atomic E-state index is 0.576. The Balaban J connectivity index is 1.49. The molecule has 0 fully saturated rings. The number of benzene rings is 1. The maximum atomic E-state index is 5.71. The minimum absolute atomic E-state index is 0.576. The maximum absolute atomic E-state index is 5.71. The molecule has 0 radical (unpaired) electrons. The Morgan fingerprint density at radius 2 is 1.38 bits per heavy atom. The highest BCUT2D eigenvalue weighted by Gasteiger charge is 2.06. The zero-order valence-electron chi connectivity index (χ0n) is 16.8. The van der Waals surface area contributed by atoms with Crippen LogP contribution in [-0.2, 0) is 26.2 Å². The molecule has 2 heterocycles. The van der Waals surface area contributed by atoms with Gasteiger partial charge in [0.25, 0.3) is 0 Å². The van der Waals surface area contributed by atoms with Crippen LogP contribution >= 0.6 is 0 Å². The molecule has 0 aliphatic heterocycles. The van der Waals surface area contributed by atoms with Crippen molar-refractivity contribution in [2.24, 2.45) is 5.73 Å². The van der Waals surface area contributed by atoms with E-state index in [1.807, 2.05) is 48.8 Å². The summed E-state index contributed by atoms with van der Waals surface area (Å²) in [7, 11) is 0. The number of hydrogen-bond donors (Lipinski definition) is 3. The molecular formula is C23H30N6. The van der Waals surface area contributed by atoms with Crippen molar-refractivity contribution in [2.75, 3.05) is 19.8 Å². The fourth-order valence-corrected chi connectivity index (χ4v) is 3.05. The summed E-state index contributed by atoms with van der Waals surface area (Å²) in [5, 5.41) is 6.99. The van der Waals surface area contributed by atoms with Crippen LogP contribution in [0.25, 0.3) is 0 Å². The van der Waals surface area contributed by atoms with Gasteiger partial charge in [-0.3, -0.25) is 20.2 Å². The van der Waals surface area contributed by atoms with Crippen LogP contribution in [0.15, 0.2) is 73.1 Å². The third-order valence-electron chi connectivity index (χ3n) is 4.67. The summed E-state index contributed by atoms with van der Waals surface area (Å²) in [5.41, 5.74) is 10.3. The second kappa shape index (κ2) is 12.0. The van der Waals surface area contributed by atoms with Crippen molar-refractivity contribution in [3.8, 4) is 0 Å². The van der Waals surface area contributed by atoms with Crippen LogP contribution in [0.4, 0.5) is 0 Å². The smallest absolute Gasteiger partial charge is 0.0542 e. The predicted octanol–water partition coefficient (Wildman–Crippen LogP) is 2.27. The Labute approximate surface area is 173 Å². The zero-order valence-corrected chi connectivity index (χ0v) is 16.8. The number of nitrogens with two attached hydrogens (primary N) is 1. The van der Waals surface area contributed by atoms with Gasteiger partial charge in [-0.15, -0.1) is 0 Å². The van der Waals surface area contributed by atoms with Gasteiger partial charge in [-0.05, 0) is 35.4 Å². The third kappa shape index (κ3) is 7.71. The van der Waals surface area contributed by atoms with E-state index < -0.39 is 0 Å². The number of hydrogen-bond acceptors (Lipinski definition) is 6. The molecular weight excluding hydrogens is 360 g/mol. The van der Waals surface area contributed by atoms with Gasteiger partial charge in [0.15, 0.2) is 0 Å². The largest absolute Gasteiger partial charge is 0.326 e. The van der Waals surface area contributed by atoms with E-state index >= 15 is 0 Å². The lowest BCUT2D eigenvalue weighted by Crippen LogP contribution is -2.38. The first kappa shape index (κ1) is 21.1. The molecule has 3 rings (SSSR count). The summed E-state index contributed by atoms with van der Waals surface area (Å²) in [6, 6.07) is 20.5. The van der Waals surface area contributed by atoms with E-state index in [9.17, 15) is 0 Å². The monoisotopic (exact) mass is 390 g/mol. The fraction of sp³-hybridized carbons (Fsp3) is 0.304. The van der Waals surface area contributed by atoms with E-state index in [1.165, 1.54) is 5.56 Å². The summed E-state index contributed by atoms with van der Waals surface area (Å²) in [6.45, 7) is 5.61. The summed E-state index contributed by atoms with van der Waals surface area (Å²) in [4.78, 5) is 11.1. The van der Waals surface area contributed by atoms with E-state index in [0.29, 0.717) is 6.54 Å². The highest BCUT2D eigenvalue weighted by molar-refractivity contribution is 5.22. The summed E-state index contributed by atoms with van der Waals surface area (Å²) < 4.78 is 0. The molecule has 0 saturated carbocycles. The zero-order chi connectivity index (χ0) is 20.2. The molecule has 0 spiro atoms. The lowest BCUT2D eigenvalue weighted by molar-refractivity contribution is 0.242. The van der Waals surface area contributed by atoms with Gasteiger partial charge in [-0.1, -0.05) is 36.4 Å². The van der Waals surface area contributed by atoms with E-state index in [4.69, 9.17) is 5.73 Å². The molecule has 2 aromatic heterocycles. The fourth-order valence-electron chi connectivity index (χ4n) is 3.05. The van der Waals surface area contributed by atoms with Crippen molar-refractivity contribution >= 4 is 0 Å². The van der Waals surface area contributed by atoms with Gasteiger partial charge >= 0.3 is 0 Å². The molecule has 1 aromatic carbocycles. The average molecular weight is 391 g/mol. The summed E-state index contributed by atoms with van der Waals surface area (Å²) in [6.07, 6.45) is 3.66. The van der Waals surface area contributed by atoms with Crippen LogP contribution in [-0.4, -0.2) is 34.6 Å². The van der Waals surface area contributed by atoms with Gasteiger partial charge in [-0.25, -0.2) is 0 Å². The van der Waals surface area contributed by atoms with Crippen LogP contribution in [0.1, 0.15) is 22.5 Å². The molecule has 0 bridgehead atoms. The SMILES string of the molecule is NCc1ccc(CN(CCNCc2ccccn2)CNCc2ccccn2)cc1. The Hall–Kier alpha value is -2.64. The molecule has 152 valence electrons. The standard InChI is InChI=1S/C23H30N6/c24-15-20-7-9-21(10-8-20)18-29(19-26-17-23-6-2-4-12-28-23)14-13-25-16-22-5-1-3-11-27-22/h1-12,25-26H,13-19,24H2. The van der Waals surface area contributed by atoms with Crippen LogP contribution in [0.2, 0.25) is 0 Å². The molecule has 0 unspecified atom stereocenters. The molecule has 6 heteroatoms. The first-order valence-corrected chi connectivity index (χ1v) is 10.0. The summed E-state index contributed by atoms with van der Waals surface area (Å²) in [5.74, 6) is 0. The molecule has 0 atom stereocenters. The van der Waals surface area contributed by atoms with Crippen LogP contribution in [0.5, 0.6) is 0 Å². The third-order valence-corrected chi connectivity index (χ3v) is 4.67. The van der Waals surface area contributed by atoms with Crippen molar-refractivity contribution in [1.29, 1.82) is 0 Å². The van der Waals surface area contributed by atoms with E-state index in [0.717, 1.165) is 56.3 Å². The molecule has 29 heavy (non-hydrogen) atoms. The van der Waals surface area contributed by atoms with Crippen molar-refractivity contribution < 1.29 is 0 Å². The molecule has 0 saturated heterocycles. The molecule has 3 aromatic rings. The number of pyridine rings is 2. The average Bonchev–Trinajstić information content (AvgIpc) is 2.78. The maximum Gasteiger partial charge on any atom is 0.0542 e. The highest BCUT2D eigenvalue weighted by Crippen LogP contribution is 2.07. The van der Waals surface area contributed by atoms with Gasteiger partial charge in [-0.2, -0.15) is 0 Å². The van der Waals surface area contributed by atoms with Gasteiger partial charge in [0.1, 0.15) is 0 Å². The quantitative estimate of drug-likeness (QED) is 0.325. The van der Waals surface area contributed by atoms with E-state index in [2.05, 4.69) is 49.8 Å². The van der Waals surface area contributed by atoms with Crippen molar-refractivity contribution in [3.63, 3.8) is 0 Å². The number of nitrogens with zero attached hydrogens (tertiary/aromatic N) is 3. The van der Waals surface area contributed by atoms with Crippen molar-refractivity contribution in [2.45, 2.75) is 26.2 Å². The van der Waals surface area contributed by atoms with Crippen LogP contribution in [0.3, 0.4) is 0 Å². The Morgan fingerprint density at radius 1 is 0.759 bits per heavy atom. The molecule has 6 nitrogen and oxygen atoms in total. The van der Waals surface area contributed by atoms with Gasteiger partial charge < -0.3 is 11.1 Å². The Bertz CT molecular complexity index is 808. The normalized spacial score (nSPS) is 11.1. The lowest BCUT2D eigenvalue weighted by atomic mass is 10.1. The molecule has 0 aliphatic rings. The first-order chi connectivity index (χ1) is 14.3. The van der Waals surface area contributed by atoms with Gasteiger partial charge in [0, 0.05) is 58.3 Å². The predicted molar refractivity (Wildman–Crippen MR) is 117 cm³/mol. The Morgan fingerprint density at radius 3 is 1.97 bits per heavy atom.